The van der Waals surface area contributed by atoms with Crippen LogP contribution in [0.1, 0.15) is 43.5 Å². The monoisotopic (exact) mass is 249 g/mol. The van der Waals surface area contributed by atoms with Crippen LogP contribution in [0.15, 0.2) is 18.2 Å². The van der Waals surface area contributed by atoms with E-state index in [9.17, 15) is 9.18 Å². The van der Waals surface area contributed by atoms with E-state index in [4.69, 9.17) is 5.73 Å². The van der Waals surface area contributed by atoms with E-state index in [2.05, 4.69) is 13.8 Å². The Morgan fingerprint density at radius 2 is 2.00 bits per heavy atom. The van der Waals surface area contributed by atoms with Gasteiger partial charge in [-0.25, -0.2) is 4.39 Å². The third-order valence-corrected chi connectivity index (χ3v) is 4.25. The molecule has 0 radical (unpaired) electrons. The first-order chi connectivity index (χ1) is 8.49. The summed E-state index contributed by atoms with van der Waals surface area (Å²) in [4.78, 5) is 12.4. The summed E-state index contributed by atoms with van der Waals surface area (Å²) in [7, 11) is 0. The third-order valence-electron chi connectivity index (χ3n) is 4.25. The predicted molar refractivity (Wildman–Crippen MR) is 70.8 cm³/mol. The number of anilines is 1. The van der Waals surface area contributed by atoms with Crippen molar-refractivity contribution >= 4 is 11.5 Å². The van der Waals surface area contributed by atoms with Gasteiger partial charge in [-0.3, -0.25) is 4.79 Å². The minimum Gasteiger partial charge on any atom is -0.398 e. The van der Waals surface area contributed by atoms with Crippen LogP contribution in [0, 0.1) is 23.6 Å². The SMILES string of the molecule is CC1CCC(C(=O)c2cc(F)ccc2N)CC1C. The minimum absolute atomic E-state index is 0.000278. The largest absolute Gasteiger partial charge is 0.398 e. The van der Waals surface area contributed by atoms with Crippen LogP contribution in [0.4, 0.5) is 10.1 Å². The van der Waals surface area contributed by atoms with Gasteiger partial charge in [-0.1, -0.05) is 13.8 Å². The second-order valence-electron chi connectivity index (χ2n) is 5.56. The molecule has 0 heterocycles. The summed E-state index contributed by atoms with van der Waals surface area (Å²) in [6, 6.07) is 4.02. The molecule has 0 amide bonds. The average molecular weight is 249 g/mol. The Kier molecular flexibility index (Phi) is 3.69. The molecule has 1 aromatic carbocycles. The minimum atomic E-state index is -0.398. The number of Topliss-reactive ketones (excluding diaryl/α,β-unsaturated/α-hetero) is 1. The fourth-order valence-electron chi connectivity index (χ4n) is 2.75. The van der Waals surface area contributed by atoms with Gasteiger partial charge in [0.05, 0.1) is 0 Å². The molecule has 2 N–H and O–H groups in total. The predicted octanol–water partition coefficient (Wildman–Crippen LogP) is 3.66. The van der Waals surface area contributed by atoms with Crippen molar-refractivity contribution in [3.05, 3.63) is 29.6 Å². The first kappa shape index (κ1) is 13.1. The Bertz CT molecular complexity index is 458. The molecule has 3 heteroatoms. The zero-order valence-electron chi connectivity index (χ0n) is 10.9. The van der Waals surface area contributed by atoms with Crippen molar-refractivity contribution in [2.24, 2.45) is 17.8 Å². The van der Waals surface area contributed by atoms with E-state index < -0.39 is 5.82 Å². The highest BCUT2D eigenvalue weighted by molar-refractivity contribution is 6.02. The summed E-state index contributed by atoms with van der Waals surface area (Å²) >= 11 is 0. The lowest BCUT2D eigenvalue weighted by Crippen LogP contribution is -2.27. The van der Waals surface area contributed by atoms with Crippen molar-refractivity contribution in [2.75, 3.05) is 5.73 Å². The van der Waals surface area contributed by atoms with Crippen LogP contribution in [0.2, 0.25) is 0 Å². The summed E-state index contributed by atoms with van der Waals surface area (Å²) in [5.41, 5.74) is 6.50. The molecule has 1 aliphatic carbocycles. The highest BCUT2D eigenvalue weighted by Gasteiger charge is 2.30. The van der Waals surface area contributed by atoms with Crippen LogP contribution in [0.5, 0.6) is 0 Å². The van der Waals surface area contributed by atoms with Crippen LogP contribution < -0.4 is 5.73 Å². The van der Waals surface area contributed by atoms with Gasteiger partial charge < -0.3 is 5.73 Å². The van der Waals surface area contributed by atoms with Crippen LogP contribution in [0.3, 0.4) is 0 Å². The lowest BCUT2D eigenvalue weighted by molar-refractivity contribution is 0.0838. The van der Waals surface area contributed by atoms with E-state index in [1.807, 2.05) is 0 Å². The number of halogens is 1. The van der Waals surface area contributed by atoms with Crippen LogP contribution in [0.25, 0.3) is 0 Å². The second-order valence-corrected chi connectivity index (χ2v) is 5.56. The van der Waals surface area contributed by atoms with Gasteiger partial charge in [-0.05, 0) is 49.3 Å². The average Bonchev–Trinajstić information content (AvgIpc) is 2.35. The van der Waals surface area contributed by atoms with E-state index in [1.54, 1.807) is 0 Å². The van der Waals surface area contributed by atoms with Crippen molar-refractivity contribution in [3.63, 3.8) is 0 Å². The number of hydrogen-bond donors (Lipinski definition) is 1. The molecule has 0 aromatic heterocycles. The van der Waals surface area contributed by atoms with Gasteiger partial charge in [0.25, 0.3) is 0 Å². The molecule has 3 atom stereocenters. The molecule has 1 aliphatic rings. The van der Waals surface area contributed by atoms with Crippen molar-refractivity contribution in [1.82, 2.24) is 0 Å². The molecule has 2 nitrogen and oxygen atoms in total. The molecule has 98 valence electrons. The molecule has 0 saturated heterocycles. The lowest BCUT2D eigenvalue weighted by Gasteiger charge is -2.31. The zero-order chi connectivity index (χ0) is 13.3. The number of nitrogens with two attached hydrogens (primary N) is 1. The molecule has 1 aromatic rings. The van der Waals surface area contributed by atoms with Crippen LogP contribution in [-0.2, 0) is 0 Å². The van der Waals surface area contributed by atoms with Crippen molar-refractivity contribution < 1.29 is 9.18 Å². The van der Waals surface area contributed by atoms with Crippen LogP contribution >= 0.6 is 0 Å². The molecule has 3 unspecified atom stereocenters. The van der Waals surface area contributed by atoms with E-state index in [-0.39, 0.29) is 11.7 Å². The molecule has 2 rings (SSSR count). The lowest BCUT2D eigenvalue weighted by atomic mass is 9.73. The molecule has 0 spiro atoms. The number of carbonyl (C=O) groups is 1. The number of benzene rings is 1. The molecular weight excluding hydrogens is 229 g/mol. The number of hydrogen-bond acceptors (Lipinski definition) is 2. The molecule has 0 bridgehead atoms. The van der Waals surface area contributed by atoms with E-state index in [0.717, 1.165) is 19.3 Å². The number of carbonyl (C=O) groups excluding carboxylic acids is 1. The van der Waals surface area contributed by atoms with Gasteiger partial charge >= 0.3 is 0 Å². The molecule has 0 aliphatic heterocycles. The second kappa shape index (κ2) is 5.09. The topological polar surface area (TPSA) is 43.1 Å². The number of ketones is 1. The summed E-state index contributed by atoms with van der Waals surface area (Å²) in [5, 5.41) is 0. The maximum absolute atomic E-state index is 13.2. The third kappa shape index (κ3) is 2.55. The van der Waals surface area contributed by atoms with Crippen molar-refractivity contribution in [2.45, 2.75) is 33.1 Å². The van der Waals surface area contributed by atoms with E-state index >= 15 is 0 Å². The molecule has 1 saturated carbocycles. The summed E-state index contributed by atoms with van der Waals surface area (Å²) in [5.74, 6) is 0.817. The van der Waals surface area contributed by atoms with Crippen molar-refractivity contribution in [3.8, 4) is 0 Å². The summed E-state index contributed by atoms with van der Waals surface area (Å²) in [6.07, 6.45) is 2.84. The first-order valence-electron chi connectivity index (χ1n) is 6.58. The highest BCUT2D eigenvalue weighted by Crippen LogP contribution is 2.35. The maximum atomic E-state index is 13.2. The van der Waals surface area contributed by atoms with E-state index in [1.165, 1.54) is 18.2 Å². The van der Waals surface area contributed by atoms with Gasteiger partial charge in [0, 0.05) is 17.2 Å². The normalized spacial score (nSPS) is 28.1. The Morgan fingerprint density at radius 3 is 2.67 bits per heavy atom. The molecular formula is C15H20FNO. The van der Waals surface area contributed by atoms with Crippen LogP contribution in [-0.4, -0.2) is 5.78 Å². The zero-order valence-corrected chi connectivity index (χ0v) is 10.9. The van der Waals surface area contributed by atoms with E-state index in [0.29, 0.717) is 23.1 Å². The molecule has 18 heavy (non-hydrogen) atoms. The Labute approximate surface area is 107 Å². The highest BCUT2D eigenvalue weighted by atomic mass is 19.1. The fraction of sp³-hybridized carbons (Fsp3) is 0.533. The summed E-state index contributed by atoms with van der Waals surface area (Å²) < 4.78 is 13.2. The Hall–Kier alpha value is -1.38. The quantitative estimate of drug-likeness (QED) is 0.642. The van der Waals surface area contributed by atoms with Crippen molar-refractivity contribution in [1.29, 1.82) is 0 Å². The summed E-state index contributed by atoms with van der Waals surface area (Å²) in [6.45, 7) is 4.40. The van der Waals surface area contributed by atoms with Gasteiger partial charge in [-0.2, -0.15) is 0 Å². The number of rotatable bonds is 2. The van der Waals surface area contributed by atoms with Gasteiger partial charge in [-0.15, -0.1) is 0 Å². The van der Waals surface area contributed by atoms with Gasteiger partial charge in [0.15, 0.2) is 5.78 Å². The number of nitrogen functional groups attached to an aromatic ring is 1. The van der Waals surface area contributed by atoms with Gasteiger partial charge in [0.2, 0.25) is 0 Å². The first-order valence-corrected chi connectivity index (χ1v) is 6.58. The standard InChI is InChI=1S/C15H20FNO/c1-9-3-4-11(7-10(9)2)15(18)13-8-12(16)5-6-14(13)17/h5-6,8-11H,3-4,7,17H2,1-2H3. The fourth-order valence-corrected chi connectivity index (χ4v) is 2.75. The smallest absolute Gasteiger partial charge is 0.168 e. The maximum Gasteiger partial charge on any atom is 0.168 e. The van der Waals surface area contributed by atoms with Gasteiger partial charge in [0.1, 0.15) is 5.82 Å². The Morgan fingerprint density at radius 1 is 1.28 bits per heavy atom. The molecule has 1 fully saturated rings. The Balaban J connectivity index is 2.19.